The number of fused-ring (bicyclic) bond motifs is 1. The Bertz CT molecular complexity index is 259. The summed E-state index contributed by atoms with van der Waals surface area (Å²) in [6.45, 7) is 12.8. The Morgan fingerprint density at radius 2 is 1.94 bits per heavy atom. The molecule has 0 saturated carbocycles. The first-order chi connectivity index (χ1) is 8.49. The van der Waals surface area contributed by atoms with Gasteiger partial charge in [-0.1, -0.05) is 27.2 Å². The zero-order valence-electron chi connectivity index (χ0n) is 12.5. The van der Waals surface area contributed by atoms with Gasteiger partial charge >= 0.3 is 0 Å². The molecule has 0 amide bonds. The highest BCUT2D eigenvalue weighted by molar-refractivity contribution is 4.89. The summed E-state index contributed by atoms with van der Waals surface area (Å²) in [5, 5.41) is 0. The van der Waals surface area contributed by atoms with Gasteiger partial charge in [-0.2, -0.15) is 0 Å². The topological polar surface area (TPSA) is 32.5 Å². The molecule has 0 aromatic heterocycles. The molecule has 3 heteroatoms. The van der Waals surface area contributed by atoms with Gasteiger partial charge in [-0.05, 0) is 31.2 Å². The summed E-state index contributed by atoms with van der Waals surface area (Å²) in [5.41, 5.74) is 6.41. The molecule has 2 aliphatic heterocycles. The Kier molecular flexibility index (Phi) is 4.68. The second-order valence-electron chi connectivity index (χ2n) is 7.33. The van der Waals surface area contributed by atoms with Gasteiger partial charge in [0, 0.05) is 38.3 Å². The summed E-state index contributed by atoms with van der Waals surface area (Å²) >= 11 is 0. The average Bonchev–Trinajstić information content (AvgIpc) is 2.34. The highest BCUT2D eigenvalue weighted by Gasteiger charge is 2.32. The third-order valence-electron chi connectivity index (χ3n) is 4.51. The van der Waals surface area contributed by atoms with Crippen molar-refractivity contribution in [1.29, 1.82) is 0 Å². The molecule has 2 atom stereocenters. The lowest BCUT2D eigenvalue weighted by atomic mass is 9.86. The second-order valence-corrected chi connectivity index (χ2v) is 7.33. The van der Waals surface area contributed by atoms with Crippen LogP contribution in [0.1, 0.15) is 46.5 Å². The maximum Gasteiger partial charge on any atom is 0.0224 e. The standard InChI is InChI=1S/C15H31N3/c1-15(2,3)10-14(11-16)18-9-8-17-7-5-4-6-13(17)12-18/h13-14H,4-12,16H2,1-3H3. The van der Waals surface area contributed by atoms with Crippen molar-refractivity contribution in [2.24, 2.45) is 11.1 Å². The number of hydrogen-bond donors (Lipinski definition) is 1. The highest BCUT2D eigenvalue weighted by atomic mass is 15.3. The van der Waals surface area contributed by atoms with E-state index in [1.807, 2.05) is 0 Å². The van der Waals surface area contributed by atoms with Crippen LogP contribution >= 0.6 is 0 Å². The molecule has 2 fully saturated rings. The molecule has 2 saturated heterocycles. The number of nitrogens with two attached hydrogens (primary N) is 1. The zero-order chi connectivity index (χ0) is 13.2. The zero-order valence-corrected chi connectivity index (χ0v) is 12.5. The SMILES string of the molecule is CC(C)(C)CC(CN)N1CCN2CCCCC2C1. The van der Waals surface area contributed by atoms with Crippen LogP contribution in [0.15, 0.2) is 0 Å². The Morgan fingerprint density at radius 3 is 2.61 bits per heavy atom. The first-order valence-electron chi connectivity index (χ1n) is 7.68. The van der Waals surface area contributed by atoms with Crippen molar-refractivity contribution in [3.05, 3.63) is 0 Å². The summed E-state index contributed by atoms with van der Waals surface area (Å²) in [5.74, 6) is 0. The normalized spacial score (nSPS) is 29.0. The van der Waals surface area contributed by atoms with Gasteiger partial charge < -0.3 is 5.73 Å². The molecule has 3 nitrogen and oxygen atoms in total. The minimum atomic E-state index is 0.383. The van der Waals surface area contributed by atoms with E-state index in [1.54, 1.807) is 0 Å². The minimum absolute atomic E-state index is 0.383. The Labute approximate surface area is 113 Å². The van der Waals surface area contributed by atoms with E-state index in [9.17, 15) is 0 Å². The smallest absolute Gasteiger partial charge is 0.0224 e. The van der Waals surface area contributed by atoms with Crippen molar-refractivity contribution < 1.29 is 0 Å². The lowest BCUT2D eigenvalue weighted by molar-refractivity contribution is 0.0199. The van der Waals surface area contributed by atoms with Crippen molar-refractivity contribution in [1.82, 2.24) is 9.80 Å². The summed E-state index contributed by atoms with van der Waals surface area (Å²) in [6.07, 6.45) is 5.43. The predicted molar refractivity (Wildman–Crippen MR) is 77.7 cm³/mol. The van der Waals surface area contributed by atoms with E-state index in [-0.39, 0.29) is 0 Å². The molecular weight excluding hydrogens is 222 g/mol. The lowest BCUT2D eigenvalue weighted by Gasteiger charge is -2.47. The minimum Gasteiger partial charge on any atom is -0.329 e. The van der Waals surface area contributed by atoms with Gasteiger partial charge in [0.25, 0.3) is 0 Å². The average molecular weight is 253 g/mol. The number of nitrogens with zero attached hydrogens (tertiary/aromatic N) is 2. The van der Waals surface area contributed by atoms with Crippen LogP contribution in [0.3, 0.4) is 0 Å². The molecule has 0 aromatic rings. The van der Waals surface area contributed by atoms with E-state index >= 15 is 0 Å². The van der Waals surface area contributed by atoms with E-state index in [4.69, 9.17) is 5.73 Å². The third-order valence-corrected chi connectivity index (χ3v) is 4.51. The first kappa shape index (κ1) is 14.3. The molecule has 0 aromatic carbocycles. The molecule has 0 radical (unpaired) electrons. The van der Waals surface area contributed by atoms with Crippen LogP contribution in [0.4, 0.5) is 0 Å². The monoisotopic (exact) mass is 253 g/mol. The van der Waals surface area contributed by atoms with Crippen LogP contribution < -0.4 is 5.73 Å². The Morgan fingerprint density at radius 1 is 1.17 bits per heavy atom. The maximum atomic E-state index is 6.02. The fourth-order valence-electron chi connectivity index (χ4n) is 3.58. The number of rotatable bonds is 3. The maximum absolute atomic E-state index is 6.02. The molecule has 0 spiro atoms. The van der Waals surface area contributed by atoms with Crippen LogP contribution in [0, 0.1) is 5.41 Å². The van der Waals surface area contributed by atoms with Gasteiger partial charge in [0.15, 0.2) is 0 Å². The van der Waals surface area contributed by atoms with Crippen molar-refractivity contribution in [3.63, 3.8) is 0 Å². The van der Waals surface area contributed by atoms with Crippen LogP contribution in [-0.2, 0) is 0 Å². The lowest BCUT2D eigenvalue weighted by Crippen LogP contribution is -2.58. The fraction of sp³-hybridized carbons (Fsp3) is 1.00. The van der Waals surface area contributed by atoms with Gasteiger partial charge in [0.2, 0.25) is 0 Å². The molecule has 106 valence electrons. The molecule has 18 heavy (non-hydrogen) atoms. The van der Waals surface area contributed by atoms with E-state index in [0.717, 1.165) is 12.6 Å². The molecule has 0 bridgehead atoms. The van der Waals surface area contributed by atoms with Gasteiger partial charge in [0.1, 0.15) is 0 Å². The Balaban J connectivity index is 1.92. The van der Waals surface area contributed by atoms with Gasteiger partial charge in [-0.3, -0.25) is 9.80 Å². The van der Waals surface area contributed by atoms with Crippen LogP contribution in [0.2, 0.25) is 0 Å². The van der Waals surface area contributed by atoms with E-state index in [1.165, 1.54) is 51.9 Å². The molecule has 2 heterocycles. The second kappa shape index (κ2) is 5.89. The summed E-state index contributed by atoms with van der Waals surface area (Å²) in [6, 6.07) is 1.38. The van der Waals surface area contributed by atoms with E-state index in [2.05, 4.69) is 30.6 Å². The molecule has 2 rings (SSSR count). The molecule has 2 unspecified atom stereocenters. The predicted octanol–water partition coefficient (Wildman–Crippen LogP) is 1.92. The highest BCUT2D eigenvalue weighted by Crippen LogP contribution is 2.27. The number of piperazine rings is 1. The third kappa shape index (κ3) is 3.69. The first-order valence-corrected chi connectivity index (χ1v) is 7.68. The van der Waals surface area contributed by atoms with Crippen molar-refractivity contribution in [2.45, 2.75) is 58.5 Å². The van der Waals surface area contributed by atoms with Gasteiger partial charge in [-0.15, -0.1) is 0 Å². The quantitative estimate of drug-likeness (QED) is 0.834. The summed E-state index contributed by atoms with van der Waals surface area (Å²) in [7, 11) is 0. The largest absolute Gasteiger partial charge is 0.329 e. The number of piperidine rings is 1. The van der Waals surface area contributed by atoms with Crippen molar-refractivity contribution in [3.8, 4) is 0 Å². The Hall–Kier alpha value is -0.120. The van der Waals surface area contributed by atoms with Crippen LogP contribution in [0.5, 0.6) is 0 Å². The van der Waals surface area contributed by atoms with E-state index < -0.39 is 0 Å². The fourth-order valence-corrected chi connectivity index (χ4v) is 3.58. The molecule has 0 aliphatic carbocycles. The summed E-state index contributed by atoms with van der Waals surface area (Å²) in [4.78, 5) is 5.36. The molecular formula is C15H31N3. The van der Waals surface area contributed by atoms with Gasteiger partial charge in [-0.25, -0.2) is 0 Å². The van der Waals surface area contributed by atoms with Crippen LogP contribution in [0.25, 0.3) is 0 Å². The van der Waals surface area contributed by atoms with Gasteiger partial charge in [0.05, 0.1) is 0 Å². The molecule has 2 aliphatic rings. The van der Waals surface area contributed by atoms with E-state index in [0.29, 0.717) is 11.5 Å². The summed E-state index contributed by atoms with van der Waals surface area (Å²) < 4.78 is 0. The number of hydrogen-bond acceptors (Lipinski definition) is 3. The van der Waals surface area contributed by atoms with Crippen LogP contribution in [-0.4, -0.2) is 54.6 Å². The molecule has 2 N–H and O–H groups in total. The van der Waals surface area contributed by atoms with Crippen molar-refractivity contribution >= 4 is 0 Å². The van der Waals surface area contributed by atoms with Crippen molar-refractivity contribution in [2.75, 3.05) is 32.7 Å².